The summed E-state index contributed by atoms with van der Waals surface area (Å²) in [5, 5.41) is 44.0. The zero-order valence-electron chi connectivity index (χ0n) is 37.3. The van der Waals surface area contributed by atoms with Crippen LogP contribution in [-0.4, -0.2) is 110 Å². The Balaban J connectivity index is 0.000000189. The monoisotopic (exact) mass is 847 g/mol. The molecule has 0 aromatic carbocycles. The number of aliphatic hydroxyl groups is 4. The second-order valence-electron chi connectivity index (χ2n) is 21.0. The summed E-state index contributed by atoms with van der Waals surface area (Å²) in [4.78, 5) is 77.2. The van der Waals surface area contributed by atoms with E-state index in [1.807, 2.05) is 52.5 Å². The molecule has 6 fully saturated rings. The van der Waals surface area contributed by atoms with Gasteiger partial charge in [-0.2, -0.15) is 0 Å². The van der Waals surface area contributed by atoms with E-state index in [4.69, 9.17) is 4.74 Å². The van der Waals surface area contributed by atoms with Crippen molar-refractivity contribution in [1.29, 1.82) is 0 Å². The first-order valence-corrected chi connectivity index (χ1v) is 23.0. The van der Waals surface area contributed by atoms with E-state index in [1.165, 1.54) is 0 Å². The largest absolute Gasteiger partial charge is 0.457 e. The maximum atomic E-state index is 13.4. The topological polar surface area (TPSA) is 196 Å². The van der Waals surface area contributed by atoms with Crippen molar-refractivity contribution in [3.05, 3.63) is 35.5 Å². The van der Waals surface area contributed by atoms with E-state index in [2.05, 4.69) is 6.92 Å². The fourth-order valence-electron chi connectivity index (χ4n) is 15.2. The van der Waals surface area contributed by atoms with Crippen molar-refractivity contribution >= 4 is 34.9 Å². The third-order valence-electron chi connectivity index (χ3n) is 18.5. The lowest BCUT2D eigenvalue weighted by Crippen LogP contribution is -2.62. The lowest BCUT2D eigenvalue weighted by atomic mass is 9.45. The molecular weight excluding hydrogens is 779 g/mol. The first-order chi connectivity index (χ1) is 28.6. The van der Waals surface area contributed by atoms with E-state index in [9.17, 15) is 49.2 Å². The number of fused-ring (bicyclic) bond motifs is 10. The number of rotatable bonds is 9. The van der Waals surface area contributed by atoms with Gasteiger partial charge in [0.2, 0.25) is 5.78 Å². The van der Waals surface area contributed by atoms with Gasteiger partial charge in [0.1, 0.15) is 23.6 Å². The summed E-state index contributed by atoms with van der Waals surface area (Å²) in [7, 11) is 0. The molecule has 0 heterocycles. The molecule has 0 radical (unpaired) electrons. The summed E-state index contributed by atoms with van der Waals surface area (Å²) in [6.45, 7) is 14.2. The Morgan fingerprint density at radius 2 is 1.52 bits per heavy atom. The van der Waals surface area contributed by atoms with Gasteiger partial charge in [0, 0.05) is 35.0 Å². The highest BCUT2D eigenvalue weighted by Gasteiger charge is 2.71. The molecule has 8 aliphatic carbocycles. The quantitative estimate of drug-likeness (QED) is 0.234. The third-order valence-corrected chi connectivity index (χ3v) is 18.5. The van der Waals surface area contributed by atoms with Crippen molar-refractivity contribution in [2.45, 2.75) is 136 Å². The maximum Gasteiger partial charge on any atom is 0.320 e. The SMILES string of the molecule is CCN(CC)CC(=O)OCC(=O)[C@@]1(O)CC[C@H]2[C@@H]3CCC4=CC(=O)CC[C@]4(C)[C@H]3[C@@H](O)C[C@@]21C.C[C@H]1C[C@H]2[C@@H]3CCC4=CC(=O)C=C[C@]4(C)[C@H]3C(=O)C[C@]2(C)[C@@]1(O)C(=O)CO. The van der Waals surface area contributed by atoms with Crippen molar-refractivity contribution < 1.29 is 53.9 Å². The second kappa shape index (κ2) is 16.1. The molecule has 0 bridgehead atoms. The molecule has 14 atom stereocenters. The average Bonchev–Trinajstić information content (AvgIpc) is 3.60. The summed E-state index contributed by atoms with van der Waals surface area (Å²) >= 11 is 0. The average molecular weight is 848 g/mol. The Morgan fingerprint density at radius 1 is 0.852 bits per heavy atom. The molecule has 0 unspecified atom stereocenters. The number of aliphatic hydroxyl groups excluding tert-OH is 2. The van der Waals surface area contributed by atoms with Gasteiger partial charge >= 0.3 is 5.97 Å². The molecule has 336 valence electrons. The molecule has 4 N–H and O–H groups in total. The first-order valence-electron chi connectivity index (χ1n) is 23.0. The Hall–Kier alpha value is -3.16. The second-order valence-corrected chi connectivity index (χ2v) is 21.0. The highest BCUT2D eigenvalue weighted by atomic mass is 16.5. The molecule has 12 heteroatoms. The van der Waals surface area contributed by atoms with E-state index < -0.39 is 64.3 Å². The number of ether oxygens (including phenoxy) is 1. The molecule has 0 amide bonds. The number of likely N-dealkylation sites (N-methyl/N-ethyl adjacent to an activating group) is 1. The van der Waals surface area contributed by atoms with Crippen LogP contribution in [0.3, 0.4) is 0 Å². The Labute approximate surface area is 360 Å². The van der Waals surface area contributed by atoms with Gasteiger partial charge in [-0.1, -0.05) is 65.7 Å². The number of esters is 1. The van der Waals surface area contributed by atoms with Crippen LogP contribution >= 0.6 is 0 Å². The lowest BCUT2D eigenvalue weighted by Gasteiger charge is -2.60. The van der Waals surface area contributed by atoms with Crippen LogP contribution in [0, 0.1) is 63.1 Å². The van der Waals surface area contributed by atoms with Crippen LogP contribution in [0.2, 0.25) is 0 Å². The number of nitrogens with zero attached hydrogens (tertiary/aromatic N) is 1. The molecule has 8 aliphatic rings. The molecule has 0 aliphatic heterocycles. The number of ketones is 5. The van der Waals surface area contributed by atoms with E-state index in [-0.39, 0.29) is 77.2 Å². The van der Waals surface area contributed by atoms with E-state index >= 15 is 0 Å². The zero-order valence-corrected chi connectivity index (χ0v) is 37.3. The molecule has 0 aromatic rings. The number of carbonyl (C=O) groups excluding carboxylic acids is 6. The first kappa shape index (κ1) is 45.9. The highest BCUT2D eigenvalue weighted by molar-refractivity contribution is 6.02. The van der Waals surface area contributed by atoms with E-state index in [0.29, 0.717) is 45.2 Å². The Bertz CT molecular complexity index is 1950. The van der Waals surface area contributed by atoms with Gasteiger partial charge in [0.25, 0.3) is 0 Å². The van der Waals surface area contributed by atoms with Crippen LogP contribution < -0.4 is 0 Å². The predicted octanol–water partition coefficient (Wildman–Crippen LogP) is 4.69. The third kappa shape index (κ3) is 6.86. The summed E-state index contributed by atoms with van der Waals surface area (Å²) in [6.07, 6.45) is 13.0. The number of carbonyl (C=O) groups is 6. The van der Waals surface area contributed by atoms with E-state index in [1.54, 1.807) is 18.2 Å². The van der Waals surface area contributed by atoms with Gasteiger partial charge in [0.15, 0.2) is 24.0 Å². The van der Waals surface area contributed by atoms with Crippen LogP contribution in [0.4, 0.5) is 0 Å². The minimum absolute atomic E-state index is 0.0218. The molecule has 0 saturated heterocycles. The molecule has 6 saturated carbocycles. The van der Waals surface area contributed by atoms with Gasteiger partial charge < -0.3 is 25.2 Å². The minimum atomic E-state index is -1.66. The highest BCUT2D eigenvalue weighted by Crippen LogP contribution is 2.69. The van der Waals surface area contributed by atoms with Crippen LogP contribution in [0.15, 0.2) is 35.5 Å². The fourth-order valence-corrected chi connectivity index (χ4v) is 15.2. The molecule has 8 rings (SSSR count). The van der Waals surface area contributed by atoms with E-state index in [0.717, 1.165) is 43.3 Å². The van der Waals surface area contributed by atoms with Gasteiger partial charge in [0.05, 0.1) is 12.6 Å². The fraction of sp³-hybridized carbons (Fsp3) is 0.755. The number of Topliss-reactive ketones (excluding diaryl/α,β-unsaturated/α-hetero) is 3. The van der Waals surface area contributed by atoms with Gasteiger partial charge in [-0.05, 0) is 130 Å². The van der Waals surface area contributed by atoms with Crippen molar-refractivity contribution in [2.75, 3.05) is 32.8 Å². The van der Waals surface area contributed by atoms with Crippen molar-refractivity contribution in [2.24, 2.45) is 63.1 Å². The molecule has 61 heavy (non-hydrogen) atoms. The van der Waals surface area contributed by atoms with Crippen LogP contribution in [0.1, 0.15) is 119 Å². The van der Waals surface area contributed by atoms with Gasteiger partial charge in [-0.15, -0.1) is 0 Å². The number of hydrogen-bond acceptors (Lipinski definition) is 12. The minimum Gasteiger partial charge on any atom is -0.457 e. The standard InChI is InChI=1S/C27H41NO6.C22H28O5/c1-5-28(6-2)15-23(32)34-16-22(31)27(33)12-10-20-19-8-7-17-13-18(29)9-11-25(17,3)24(19)21(30)14-26(20,27)4;1-12-8-16-15-5-4-13-9-14(24)6-7-20(13,2)19(15)17(25)10-21(16,3)22(12,27)18(26)11-23/h13,19-21,24,30,33H,5-12,14-16H2,1-4H3;6-7,9,12,15-16,19,23,27H,4-5,8,10-11H2,1-3H3/t19-,20-,21-,24+,25-,26-,27-;12-,15-,16-,19+,20-,21-,22-/m00/s1. The number of hydrogen-bond donors (Lipinski definition) is 4. The van der Waals surface area contributed by atoms with Crippen LogP contribution in [0.25, 0.3) is 0 Å². The van der Waals surface area contributed by atoms with Crippen LogP contribution in [-0.2, 0) is 33.5 Å². The lowest BCUT2D eigenvalue weighted by molar-refractivity contribution is -0.184. The summed E-state index contributed by atoms with van der Waals surface area (Å²) in [6, 6.07) is 0. The van der Waals surface area contributed by atoms with Crippen molar-refractivity contribution in [3.63, 3.8) is 0 Å². The predicted molar refractivity (Wildman–Crippen MR) is 225 cm³/mol. The van der Waals surface area contributed by atoms with Gasteiger partial charge in [-0.3, -0.25) is 33.7 Å². The Morgan fingerprint density at radius 3 is 2.20 bits per heavy atom. The smallest absolute Gasteiger partial charge is 0.320 e. The van der Waals surface area contributed by atoms with Crippen LogP contribution in [0.5, 0.6) is 0 Å². The van der Waals surface area contributed by atoms with Crippen molar-refractivity contribution in [1.82, 2.24) is 4.90 Å². The molecular formula is C49H69NO11. The number of allylic oxidation sites excluding steroid dienone is 5. The van der Waals surface area contributed by atoms with Crippen molar-refractivity contribution in [3.8, 4) is 0 Å². The molecule has 0 aromatic heterocycles. The Kier molecular flexibility index (Phi) is 12.1. The summed E-state index contributed by atoms with van der Waals surface area (Å²) in [5.41, 5.74) is -3.37. The molecule has 12 nitrogen and oxygen atoms in total. The summed E-state index contributed by atoms with van der Waals surface area (Å²) in [5.74, 6) is -1.36. The zero-order chi connectivity index (χ0) is 44.7. The van der Waals surface area contributed by atoms with Gasteiger partial charge in [-0.25, -0.2) is 0 Å². The molecule has 0 spiro atoms. The maximum absolute atomic E-state index is 13.4. The summed E-state index contributed by atoms with van der Waals surface area (Å²) < 4.78 is 5.28. The normalized spacial score (nSPS) is 44.6.